The maximum Gasteiger partial charge on any atom is 0.0951 e. The average molecular weight is 361 g/mol. The van der Waals surface area contributed by atoms with Gasteiger partial charge in [0.05, 0.1) is 6.33 Å². The van der Waals surface area contributed by atoms with Crippen molar-refractivity contribution < 1.29 is 0 Å². The summed E-state index contributed by atoms with van der Waals surface area (Å²) in [5.74, 6) is 0.864. The van der Waals surface area contributed by atoms with Crippen molar-refractivity contribution in [2.45, 2.75) is 129 Å². The molecule has 0 amide bonds. The molecule has 150 valence electrons. The van der Waals surface area contributed by atoms with E-state index in [2.05, 4.69) is 35.9 Å². The van der Waals surface area contributed by atoms with Gasteiger partial charge in [-0.3, -0.25) is 0 Å². The van der Waals surface area contributed by atoms with Crippen molar-refractivity contribution >= 4 is 0 Å². The van der Waals surface area contributed by atoms with E-state index in [4.69, 9.17) is 0 Å². The van der Waals surface area contributed by atoms with Crippen LogP contribution in [0.4, 0.5) is 0 Å². The fourth-order valence-electron chi connectivity index (χ4n) is 5.06. The van der Waals surface area contributed by atoms with E-state index in [1.165, 1.54) is 109 Å². The highest BCUT2D eigenvalue weighted by Gasteiger charge is 2.35. The van der Waals surface area contributed by atoms with Gasteiger partial charge in [0.2, 0.25) is 0 Å². The van der Waals surface area contributed by atoms with Crippen molar-refractivity contribution in [3.8, 4) is 0 Å². The van der Waals surface area contributed by atoms with Gasteiger partial charge in [0.15, 0.2) is 0 Å². The summed E-state index contributed by atoms with van der Waals surface area (Å²) in [4.78, 5) is 4.34. The molecule has 2 rings (SSSR count). The standard InChI is InChI=1S/C24H44N2/c1-3-4-5-6-7-8-9-10-11-12-13-14-17-24(26-20-19-25-22-26)18-15-16-23(2)21-24/h19-20,22-23H,3-18,21H2,1-2H3. The molecule has 1 aromatic heterocycles. The van der Waals surface area contributed by atoms with Crippen LogP contribution in [0, 0.1) is 5.92 Å². The fraction of sp³-hybridized carbons (Fsp3) is 0.875. The second-order valence-electron chi connectivity index (χ2n) is 9.03. The van der Waals surface area contributed by atoms with E-state index >= 15 is 0 Å². The Morgan fingerprint density at radius 2 is 1.54 bits per heavy atom. The van der Waals surface area contributed by atoms with Crippen molar-refractivity contribution in [3.05, 3.63) is 18.7 Å². The predicted octanol–water partition coefficient (Wildman–Crippen LogP) is 7.88. The third-order valence-electron chi connectivity index (χ3n) is 6.62. The molecule has 1 aliphatic carbocycles. The fourth-order valence-corrected chi connectivity index (χ4v) is 5.06. The number of nitrogens with zero attached hydrogens (tertiary/aromatic N) is 2. The van der Waals surface area contributed by atoms with Crippen molar-refractivity contribution in [2.75, 3.05) is 0 Å². The molecule has 0 spiro atoms. The first-order chi connectivity index (χ1) is 12.8. The molecule has 2 nitrogen and oxygen atoms in total. The summed E-state index contributed by atoms with van der Waals surface area (Å²) in [6.07, 6.45) is 30.3. The topological polar surface area (TPSA) is 17.8 Å². The maximum absolute atomic E-state index is 4.34. The Hall–Kier alpha value is -0.790. The van der Waals surface area contributed by atoms with Crippen LogP contribution >= 0.6 is 0 Å². The highest BCUT2D eigenvalue weighted by atomic mass is 15.1. The van der Waals surface area contributed by atoms with E-state index in [9.17, 15) is 0 Å². The lowest BCUT2D eigenvalue weighted by atomic mass is 9.73. The van der Waals surface area contributed by atoms with E-state index in [-0.39, 0.29) is 0 Å². The maximum atomic E-state index is 4.34. The predicted molar refractivity (Wildman–Crippen MR) is 114 cm³/mol. The molecular formula is C24H44N2. The Morgan fingerprint density at radius 1 is 0.923 bits per heavy atom. The highest BCUT2D eigenvalue weighted by Crippen LogP contribution is 2.41. The van der Waals surface area contributed by atoms with Crippen LogP contribution in [0.3, 0.4) is 0 Å². The molecule has 1 aliphatic rings. The Morgan fingerprint density at radius 3 is 2.08 bits per heavy atom. The lowest BCUT2D eigenvalue weighted by Crippen LogP contribution is -2.37. The largest absolute Gasteiger partial charge is 0.331 e. The summed E-state index contributed by atoms with van der Waals surface area (Å²) < 4.78 is 2.45. The zero-order valence-corrected chi connectivity index (χ0v) is 17.7. The van der Waals surface area contributed by atoms with Gasteiger partial charge >= 0.3 is 0 Å². The zero-order chi connectivity index (χ0) is 18.5. The molecule has 0 aliphatic heterocycles. The second kappa shape index (κ2) is 12.6. The summed E-state index contributed by atoms with van der Waals surface area (Å²) in [6.45, 7) is 4.74. The van der Waals surface area contributed by atoms with Crippen LogP contribution in [-0.4, -0.2) is 9.55 Å². The van der Waals surface area contributed by atoms with E-state index in [0.717, 1.165) is 5.92 Å². The van der Waals surface area contributed by atoms with Crippen LogP contribution in [0.25, 0.3) is 0 Å². The molecule has 2 heteroatoms. The van der Waals surface area contributed by atoms with Crippen LogP contribution in [0.15, 0.2) is 18.7 Å². The second-order valence-corrected chi connectivity index (χ2v) is 9.03. The van der Waals surface area contributed by atoms with Crippen LogP contribution < -0.4 is 0 Å². The minimum Gasteiger partial charge on any atom is -0.331 e. The Kier molecular flexibility index (Phi) is 10.4. The van der Waals surface area contributed by atoms with E-state index in [1.54, 1.807) is 0 Å². The van der Waals surface area contributed by atoms with Crippen LogP contribution in [0.1, 0.15) is 123 Å². The molecule has 0 N–H and O–H groups in total. The lowest BCUT2D eigenvalue weighted by Gasteiger charge is -2.41. The van der Waals surface area contributed by atoms with Crippen LogP contribution in [0.5, 0.6) is 0 Å². The quantitative estimate of drug-likeness (QED) is 0.308. The van der Waals surface area contributed by atoms with Gasteiger partial charge in [-0.1, -0.05) is 104 Å². The third-order valence-corrected chi connectivity index (χ3v) is 6.62. The van der Waals surface area contributed by atoms with Gasteiger partial charge in [-0.2, -0.15) is 0 Å². The SMILES string of the molecule is CCCCCCCCCCCCCCC1(n2ccnc2)CCCC(C)C1. The molecular weight excluding hydrogens is 316 g/mol. The van der Waals surface area contributed by atoms with Crippen molar-refractivity contribution in [3.63, 3.8) is 0 Å². The lowest BCUT2D eigenvalue weighted by molar-refractivity contribution is 0.135. The van der Waals surface area contributed by atoms with E-state index < -0.39 is 0 Å². The molecule has 26 heavy (non-hydrogen) atoms. The summed E-state index contributed by atoms with van der Waals surface area (Å²) >= 11 is 0. The van der Waals surface area contributed by atoms with E-state index in [0.29, 0.717) is 5.54 Å². The molecule has 1 aromatic rings. The first-order valence-electron chi connectivity index (χ1n) is 11.8. The normalized spacial score (nSPS) is 23.4. The molecule has 1 fully saturated rings. The van der Waals surface area contributed by atoms with Gasteiger partial charge in [-0.05, 0) is 25.2 Å². The first-order valence-corrected chi connectivity index (χ1v) is 11.8. The summed E-state index contributed by atoms with van der Waals surface area (Å²) in [6, 6.07) is 0. The number of hydrogen-bond donors (Lipinski definition) is 0. The number of imidazole rings is 1. The van der Waals surface area contributed by atoms with Crippen LogP contribution in [-0.2, 0) is 5.54 Å². The Labute approximate surface area is 163 Å². The zero-order valence-electron chi connectivity index (χ0n) is 17.7. The Bertz CT molecular complexity index is 439. The van der Waals surface area contributed by atoms with Crippen molar-refractivity contribution in [1.82, 2.24) is 9.55 Å². The molecule has 0 bridgehead atoms. The summed E-state index contributed by atoms with van der Waals surface area (Å²) in [5, 5.41) is 0. The van der Waals surface area contributed by atoms with Gasteiger partial charge in [-0.15, -0.1) is 0 Å². The molecule has 0 aromatic carbocycles. The summed E-state index contributed by atoms with van der Waals surface area (Å²) in [5.41, 5.74) is 0.368. The molecule has 2 unspecified atom stereocenters. The molecule has 1 heterocycles. The van der Waals surface area contributed by atoms with Gasteiger partial charge < -0.3 is 4.57 Å². The van der Waals surface area contributed by atoms with Gasteiger partial charge in [0, 0.05) is 17.9 Å². The smallest absolute Gasteiger partial charge is 0.0951 e. The van der Waals surface area contributed by atoms with E-state index in [1.807, 2.05) is 6.20 Å². The van der Waals surface area contributed by atoms with Gasteiger partial charge in [0.25, 0.3) is 0 Å². The number of aromatic nitrogens is 2. The summed E-state index contributed by atoms with van der Waals surface area (Å²) in [7, 11) is 0. The minimum atomic E-state index is 0.368. The minimum absolute atomic E-state index is 0.368. The number of rotatable bonds is 14. The molecule has 0 saturated heterocycles. The Balaban J connectivity index is 1.55. The van der Waals surface area contributed by atoms with Crippen molar-refractivity contribution in [1.29, 1.82) is 0 Å². The number of hydrogen-bond acceptors (Lipinski definition) is 1. The number of unbranched alkanes of at least 4 members (excludes halogenated alkanes) is 11. The third kappa shape index (κ3) is 7.45. The van der Waals surface area contributed by atoms with Gasteiger partial charge in [-0.25, -0.2) is 4.98 Å². The van der Waals surface area contributed by atoms with Crippen molar-refractivity contribution in [2.24, 2.45) is 5.92 Å². The monoisotopic (exact) mass is 360 g/mol. The molecule has 1 saturated carbocycles. The first kappa shape index (κ1) is 21.5. The average Bonchev–Trinajstić information content (AvgIpc) is 3.18. The molecule has 2 atom stereocenters. The highest BCUT2D eigenvalue weighted by molar-refractivity contribution is 4.95. The van der Waals surface area contributed by atoms with Gasteiger partial charge in [0.1, 0.15) is 0 Å². The molecule has 0 radical (unpaired) electrons. The van der Waals surface area contributed by atoms with Crippen LogP contribution in [0.2, 0.25) is 0 Å².